The van der Waals surface area contributed by atoms with Gasteiger partial charge in [0.25, 0.3) is 11.8 Å². The van der Waals surface area contributed by atoms with Crippen LogP contribution in [0.15, 0.2) is 0 Å². The molecule has 0 aromatic heterocycles. The van der Waals surface area contributed by atoms with Crippen LogP contribution in [0.4, 0.5) is 0 Å². The maximum absolute atomic E-state index is 12.9. The Morgan fingerprint density at radius 3 is 2.44 bits per heavy atom. The summed E-state index contributed by atoms with van der Waals surface area (Å²) in [4.78, 5) is 49.9. The molecule has 2 rings (SSSR count). The van der Waals surface area contributed by atoms with E-state index in [-0.39, 0.29) is 11.8 Å². The Kier molecular flexibility index (Phi) is 7.18. The summed E-state index contributed by atoms with van der Waals surface area (Å²) < 4.78 is 5.17. The first kappa shape index (κ1) is 21.1. The standard InChI is InChI=1S/C18H29N3O6/c1-4-8-19-15(22)13-14(27-13)16(23)20-12(10(3)5-2)17(24)21-9-6-7-11(21)18(25)26/h10-14H,4-9H2,1-3H3,(H,19,22)(H,20,23)(H,25,26)/t10?,11?,12-,13?,14?/m1/s1. The fourth-order valence-electron chi connectivity index (χ4n) is 3.24. The summed E-state index contributed by atoms with van der Waals surface area (Å²) in [6.07, 6.45) is 0.704. The maximum atomic E-state index is 12.9. The summed E-state index contributed by atoms with van der Waals surface area (Å²) in [7, 11) is 0. The molecule has 0 bridgehead atoms. The number of amides is 3. The average molecular weight is 383 g/mol. The normalized spacial score (nSPS) is 26.2. The number of carboxylic acid groups (broad SMARTS) is 1. The molecule has 2 aliphatic heterocycles. The summed E-state index contributed by atoms with van der Waals surface area (Å²) >= 11 is 0. The van der Waals surface area contributed by atoms with Gasteiger partial charge in [-0.2, -0.15) is 0 Å². The van der Waals surface area contributed by atoms with Crippen molar-refractivity contribution in [1.29, 1.82) is 0 Å². The molecule has 2 fully saturated rings. The second-order valence-corrected chi connectivity index (χ2v) is 7.17. The second-order valence-electron chi connectivity index (χ2n) is 7.17. The summed E-state index contributed by atoms with van der Waals surface area (Å²) in [6.45, 7) is 6.51. The van der Waals surface area contributed by atoms with Gasteiger partial charge >= 0.3 is 5.97 Å². The van der Waals surface area contributed by atoms with Crippen molar-refractivity contribution in [3.63, 3.8) is 0 Å². The van der Waals surface area contributed by atoms with Gasteiger partial charge in [0, 0.05) is 13.1 Å². The number of nitrogens with one attached hydrogen (secondary N) is 2. The van der Waals surface area contributed by atoms with Gasteiger partial charge in [-0.1, -0.05) is 27.2 Å². The Bertz CT molecular complexity index is 596. The highest BCUT2D eigenvalue weighted by atomic mass is 16.6. The molecule has 3 amide bonds. The highest BCUT2D eigenvalue weighted by Crippen LogP contribution is 2.25. The molecule has 0 aromatic carbocycles. The average Bonchev–Trinajstić information content (AvgIpc) is 3.30. The molecular weight excluding hydrogens is 354 g/mol. The van der Waals surface area contributed by atoms with Crippen LogP contribution in [-0.4, -0.2) is 71.1 Å². The number of nitrogens with zero attached hydrogens (tertiary/aromatic N) is 1. The van der Waals surface area contributed by atoms with Crippen molar-refractivity contribution in [1.82, 2.24) is 15.5 Å². The van der Waals surface area contributed by atoms with E-state index in [4.69, 9.17) is 4.74 Å². The predicted octanol–water partition coefficient (Wildman–Crippen LogP) is -0.113. The van der Waals surface area contributed by atoms with Crippen molar-refractivity contribution >= 4 is 23.7 Å². The minimum Gasteiger partial charge on any atom is -0.480 e. The Hall–Kier alpha value is -2.16. The van der Waals surface area contributed by atoms with Crippen molar-refractivity contribution in [2.45, 2.75) is 70.7 Å². The first-order chi connectivity index (χ1) is 12.8. The van der Waals surface area contributed by atoms with Crippen LogP contribution >= 0.6 is 0 Å². The first-order valence-electron chi connectivity index (χ1n) is 9.58. The molecule has 2 heterocycles. The number of ether oxygens (including phenoxy) is 1. The first-order valence-corrected chi connectivity index (χ1v) is 9.58. The molecule has 152 valence electrons. The second kappa shape index (κ2) is 9.16. The minimum absolute atomic E-state index is 0.178. The van der Waals surface area contributed by atoms with Crippen LogP contribution in [0.2, 0.25) is 0 Å². The third-order valence-corrected chi connectivity index (χ3v) is 5.16. The molecule has 9 nitrogen and oxygen atoms in total. The van der Waals surface area contributed by atoms with Gasteiger partial charge in [-0.15, -0.1) is 0 Å². The van der Waals surface area contributed by atoms with Crippen LogP contribution < -0.4 is 10.6 Å². The predicted molar refractivity (Wildman–Crippen MR) is 95.7 cm³/mol. The smallest absolute Gasteiger partial charge is 0.326 e. The van der Waals surface area contributed by atoms with Gasteiger partial charge in [-0.05, 0) is 25.2 Å². The van der Waals surface area contributed by atoms with Crippen molar-refractivity contribution < 1.29 is 29.0 Å². The van der Waals surface area contributed by atoms with E-state index in [0.717, 1.165) is 6.42 Å². The molecule has 5 atom stereocenters. The molecular formula is C18H29N3O6. The van der Waals surface area contributed by atoms with Crippen LogP contribution in [-0.2, 0) is 23.9 Å². The van der Waals surface area contributed by atoms with Gasteiger partial charge < -0.3 is 25.4 Å². The van der Waals surface area contributed by atoms with Gasteiger partial charge in [0.2, 0.25) is 5.91 Å². The topological polar surface area (TPSA) is 128 Å². The lowest BCUT2D eigenvalue weighted by Gasteiger charge is -2.30. The van der Waals surface area contributed by atoms with Crippen molar-refractivity contribution in [3.8, 4) is 0 Å². The van der Waals surface area contributed by atoms with Crippen LogP contribution in [0.3, 0.4) is 0 Å². The van der Waals surface area contributed by atoms with Crippen LogP contribution in [0.1, 0.15) is 46.5 Å². The zero-order chi connectivity index (χ0) is 20.1. The molecule has 0 aliphatic carbocycles. The molecule has 0 radical (unpaired) electrons. The summed E-state index contributed by atoms with van der Waals surface area (Å²) in [5, 5.41) is 14.7. The number of aliphatic carboxylic acids is 1. The monoisotopic (exact) mass is 383 g/mol. The van der Waals surface area contributed by atoms with E-state index in [2.05, 4.69) is 10.6 Å². The molecule has 0 aromatic rings. The van der Waals surface area contributed by atoms with E-state index in [1.54, 1.807) is 0 Å². The zero-order valence-electron chi connectivity index (χ0n) is 16.1. The number of likely N-dealkylation sites (tertiary alicyclic amines) is 1. The van der Waals surface area contributed by atoms with E-state index in [1.807, 2.05) is 20.8 Å². The molecule has 0 saturated carbocycles. The van der Waals surface area contributed by atoms with Crippen LogP contribution in [0.25, 0.3) is 0 Å². The van der Waals surface area contributed by atoms with Gasteiger partial charge in [0.05, 0.1) is 0 Å². The molecule has 4 unspecified atom stereocenters. The minimum atomic E-state index is -1.03. The number of carbonyl (C=O) groups is 4. The summed E-state index contributed by atoms with van der Waals surface area (Å²) in [6, 6.07) is -1.70. The van der Waals surface area contributed by atoms with Gasteiger partial charge in [0.15, 0.2) is 12.2 Å². The third kappa shape index (κ3) is 4.97. The van der Waals surface area contributed by atoms with E-state index < -0.39 is 42.1 Å². The zero-order valence-corrected chi connectivity index (χ0v) is 16.1. The van der Waals surface area contributed by atoms with E-state index in [0.29, 0.717) is 32.4 Å². The van der Waals surface area contributed by atoms with Crippen LogP contribution in [0, 0.1) is 5.92 Å². The fraction of sp³-hybridized carbons (Fsp3) is 0.778. The highest BCUT2D eigenvalue weighted by Gasteiger charge is 2.51. The number of carbonyl (C=O) groups excluding carboxylic acids is 3. The largest absolute Gasteiger partial charge is 0.480 e. The molecule has 2 aliphatic rings. The van der Waals surface area contributed by atoms with Gasteiger partial charge in [0.1, 0.15) is 12.1 Å². The number of rotatable bonds is 9. The van der Waals surface area contributed by atoms with Crippen molar-refractivity contribution in [3.05, 3.63) is 0 Å². The Morgan fingerprint density at radius 2 is 1.85 bits per heavy atom. The molecule has 0 spiro atoms. The van der Waals surface area contributed by atoms with E-state index >= 15 is 0 Å². The Labute approximate surface area is 158 Å². The molecule has 2 saturated heterocycles. The highest BCUT2D eigenvalue weighted by molar-refractivity contribution is 5.97. The lowest BCUT2D eigenvalue weighted by atomic mass is 9.97. The van der Waals surface area contributed by atoms with Crippen LogP contribution in [0.5, 0.6) is 0 Å². The number of carboxylic acids is 1. The number of hydrogen-bond donors (Lipinski definition) is 3. The summed E-state index contributed by atoms with van der Waals surface area (Å²) in [5.74, 6) is -2.46. The molecule has 27 heavy (non-hydrogen) atoms. The van der Waals surface area contributed by atoms with Crippen molar-refractivity contribution in [2.75, 3.05) is 13.1 Å². The lowest BCUT2D eigenvalue weighted by Crippen LogP contribution is -2.55. The van der Waals surface area contributed by atoms with E-state index in [9.17, 15) is 24.3 Å². The SMILES string of the molecule is CCCNC(=O)C1OC1C(=O)N[C@@H](C(=O)N1CCCC1C(=O)O)C(C)CC. The Morgan fingerprint density at radius 1 is 1.19 bits per heavy atom. The van der Waals surface area contributed by atoms with Gasteiger partial charge in [-0.25, -0.2) is 4.79 Å². The van der Waals surface area contributed by atoms with Gasteiger partial charge in [-0.3, -0.25) is 14.4 Å². The third-order valence-electron chi connectivity index (χ3n) is 5.16. The molecule has 9 heteroatoms. The molecule has 3 N–H and O–H groups in total. The number of epoxide rings is 1. The van der Waals surface area contributed by atoms with Crippen molar-refractivity contribution in [2.24, 2.45) is 5.92 Å². The lowest BCUT2D eigenvalue weighted by molar-refractivity contribution is -0.150. The fourth-order valence-corrected chi connectivity index (χ4v) is 3.24. The van der Waals surface area contributed by atoms with E-state index in [1.165, 1.54) is 4.90 Å². The Balaban J connectivity index is 2.01. The maximum Gasteiger partial charge on any atom is 0.326 e. The summed E-state index contributed by atoms with van der Waals surface area (Å²) in [5.41, 5.74) is 0. The quantitative estimate of drug-likeness (QED) is 0.477. The number of hydrogen-bond acceptors (Lipinski definition) is 5.